The Kier molecular flexibility index (Phi) is 2.80. The highest BCUT2D eigenvalue weighted by molar-refractivity contribution is 5.97. The van der Waals surface area contributed by atoms with Crippen LogP contribution in [0, 0.1) is 28.5 Å². The average Bonchev–Trinajstić information content (AvgIpc) is 2.27. The molecular weight excluding hydrogens is 221 g/mol. The van der Waals surface area contributed by atoms with Crippen molar-refractivity contribution in [1.29, 1.82) is 5.26 Å². The van der Waals surface area contributed by atoms with E-state index in [2.05, 4.69) is 10.3 Å². The molecule has 1 aromatic heterocycles. The minimum atomic E-state index is -0.991. The Morgan fingerprint density at radius 1 is 1.71 bits per heavy atom. The molecule has 1 saturated carbocycles. The molecule has 4 nitrogen and oxygen atoms in total. The summed E-state index contributed by atoms with van der Waals surface area (Å²) in [4.78, 5) is 15.5. The molecule has 0 spiro atoms. The lowest BCUT2D eigenvalue weighted by molar-refractivity contribution is -0.128. The van der Waals surface area contributed by atoms with Crippen LogP contribution in [0.5, 0.6) is 0 Å². The van der Waals surface area contributed by atoms with Gasteiger partial charge in [0.1, 0.15) is 5.41 Å². The van der Waals surface area contributed by atoms with Gasteiger partial charge in [0.2, 0.25) is 5.91 Å². The number of anilines is 1. The minimum Gasteiger partial charge on any atom is -0.322 e. The third-order valence-electron chi connectivity index (χ3n) is 3.06. The molecule has 0 aromatic carbocycles. The molecule has 0 radical (unpaired) electrons. The van der Waals surface area contributed by atoms with Crippen LogP contribution in [0.25, 0.3) is 0 Å². The Balaban J connectivity index is 2.13. The summed E-state index contributed by atoms with van der Waals surface area (Å²) in [5.74, 6) is -0.660. The van der Waals surface area contributed by atoms with E-state index in [9.17, 15) is 9.18 Å². The van der Waals surface area contributed by atoms with E-state index < -0.39 is 17.1 Å². The summed E-state index contributed by atoms with van der Waals surface area (Å²) in [6, 6.07) is 3.41. The van der Waals surface area contributed by atoms with E-state index >= 15 is 0 Å². The van der Waals surface area contributed by atoms with Gasteiger partial charge in [0.05, 0.1) is 18.0 Å². The third kappa shape index (κ3) is 1.98. The standard InChI is InChI=1S/C12H12FN3O/c1-8-4-12(5-8,7-14)11(17)16-10-2-3-15-6-9(10)13/h2-3,6,8H,4-5H2,1H3,(H,15,16,17). The SMILES string of the molecule is CC1CC(C#N)(C(=O)Nc2ccncc2F)C1. The van der Waals surface area contributed by atoms with Crippen molar-refractivity contribution >= 4 is 11.6 Å². The van der Waals surface area contributed by atoms with Gasteiger partial charge in [-0.1, -0.05) is 6.92 Å². The monoisotopic (exact) mass is 233 g/mol. The summed E-state index contributed by atoms with van der Waals surface area (Å²) in [6.07, 6.45) is 3.48. The van der Waals surface area contributed by atoms with Crippen molar-refractivity contribution in [3.63, 3.8) is 0 Å². The Bertz CT molecular complexity index is 489. The molecule has 88 valence electrons. The Labute approximate surface area is 98.5 Å². The Morgan fingerprint density at radius 2 is 2.41 bits per heavy atom. The van der Waals surface area contributed by atoms with Crippen molar-refractivity contribution in [1.82, 2.24) is 4.98 Å². The molecule has 0 aliphatic heterocycles. The lowest BCUT2D eigenvalue weighted by Crippen LogP contribution is -2.45. The number of nitriles is 1. The molecule has 1 N–H and O–H groups in total. The number of carbonyl (C=O) groups is 1. The largest absolute Gasteiger partial charge is 0.322 e. The van der Waals surface area contributed by atoms with E-state index in [-0.39, 0.29) is 5.69 Å². The van der Waals surface area contributed by atoms with Crippen LogP contribution in [0.2, 0.25) is 0 Å². The number of aromatic nitrogens is 1. The first-order valence-electron chi connectivity index (χ1n) is 5.39. The fraction of sp³-hybridized carbons (Fsp3) is 0.417. The summed E-state index contributed by atoms with van der Waals surface area (Å²) >= 11 is 0. The zero-order chi connectivity index (χ0) is 12.5. The number of pyridine rings is 1. The van der Waals surface area contributed by atoms with Gasteiger partial charge in [0, 0.05) is 6.20 Å². The maximum absolute atomic E-state index is 13.3. The quantitative estimate of drug-likeness (QED) is 0.850. The molecule has 1 fully saturated rings. The van der Waals surface area contributed by atoms with Gasteiger partial charge in [0.25, 0.3) is 0 Å². The van der Waals surface area contributed by atoms with Crippen LogP contribution in [0.4, 0.5) is 10.1 Å². The van der Waals surface area contributed by atoms with Crippen LogP contribution in [0.15, 0.2) is 18.5 Å². The van der Waals surface area contributed by atoms with Gasteiger partial charge in [0.15, 0.2) is 5.82 Å². The van der Waals surface area contributed by atoms with Crippen LogP contribution in [0.3, 0.4) is 0 Å². The highest BCUT2D eigenvalue weighted by Crippen LogP contribution is 2.45. The first-order chi connectivity index (χ1) is 8.07. The first-order valence-corrected chi connectivity index (χ1v) is 5.39. The maximum atomic E-state index is 13.3. The maximum Gasteiger partial charge on any atom is 0.244 e. The van der Waals surface area contributed by atoms with Crippen LogP contribution in [0.1, 0.15) is 19.8 Å². The molecule has 5 heteroatoms. The molecule has 1 aliphatic rings. The zero-order valence-electron chi connectivity index (χ0n) is 9.40. The van der Waals surface area contributed by atoms with E-state index in [1.807, 2.05) is 13.0 Å². The highest BCUT2D eigenvalue weighted by atomic mass is 19.1. The fourth-order valence-corrected chi connectivity index (χ4v) is 2.18. The lowest BCUT2D eigenvalue weighted by atomic mass is 9.63. The summed E-state index contributed by atoms with van der Waals surface area (Å²) in [6.45, 7) is 1.98. The molecule has 1 aromatic rings. The molecule has 1 amide bonds. The second-order valence-corrected chi connectivity index (χ2v) is 4.52. The Morgan fingerprint density at radius 3 is 2.94 bits per heavy atom. The molecule has 0 atom stereocenters. The van der Waals surface area contributed by atoms with Gasteiger partial charge in [-0.15, -0.1) is 0 Å². The van der Waals surface area contributed by atoms with Crippen molar-refractivity contribution in [2.45, 2.75) is 19.8 Å². The summed E-state index contributed by atoms with van der Waals surface area (Å²) in [5, 5.41) is 11.5. The predicted molar refractivity (Wildman–Crippen MR) is 59.3 cm³/mol. The van der Waals surface area contributed by atoms with Gasteiger partial charge in [-0.25, -0.2) is 4.39 Å². The molecular formula is C12H12FN3O. The number of hydrogen-bond acceptors (Lipinski definition) is 3. The van der Waals surface area contributed by atoms with Gasteiger partial charge >= 0.3 is 0 Å². The van der Waals surface area contributed by atoms with Crippen LogP contribution in [-0.4, -0.2) is 10.9 Å². The third-order valence-corrected chi connectivity index (χ3v) is 3.06. The Hall–Kier alpha value is -1.96. The molecule has 1 heterocycles. The van der Waals surface area contributed by atoms with Gasteiger partial charge in [-0.3, -0.25) is 9.78 Å². The van der Waals surface area contributed by atoms with Crippen LogP contribution < -0.4 is 5.32 Å². The molecule has 1 aliphatic carbocycles. The summed E-state index contributed by atoms with van der Waals surface area (Å²) < 4.78 is 13.3. The molecule has 0 bridgehead atoms. The highest BCUT2D eigenvalue weighted by Gasteiger charge is 2.49. The van der Waals surface area contributed by atoms with Crippen molar-refractivity contribution in [3.8, 4) is 6.07 Å². The number of nitrogens with zero attached hydrogens (tertiary/aromatic N) is 2. The normalized spacial score (nSPS) is 26.8. The molecule has 0 saturated heterocycles. The number of amides is 1. The van der Waals surface area contributed by atoms with Gasteiger partial charge in [-0.05, 0) is 24.8 Å². The number of halogens is 1. The van der Waals surface area contributed by atoms with Gasteiger partial charge < -0.3 is 5.32 Å². The second-order valence-electron chi connectivity index (χ2n) is 4.52. The number of carbonyl (C=O) groups excluding carboxylic acids is 1. The topological polar surface area (TPSA) is 65.8 Å². The molecule has 2 rings (SSSR count). The number of rotatable bonds is 2. The van der Waals surface area contributed by atoms with Crippen molar-refractivity contribution in [2.75, 3.05) is 5.32 Å². The van der Waals surface area contributed by atoms with E-state index in [4.69, 9.17) is 5.26 Å². The van der Waals surface area contributed by atoms with E-state index in [0.29, 0.717) is 18.8 Å². The smallest absolute Gasteiger partial charge is 0.244 e. The zero-order valence-corrected chi connectivity index (χ0v) is 9.40. The van der Waals surface area contributed by atoms with E-state index in [0.717, 1.165) is 6.20 Å². The van der Waals surface area contributed by atoms with E-state index in [1.54, 1.807) is 0 Å². The van der Waals surface area contributed by atoms with E-state index in [1.165, 1.54) is 12.3 Å². The summed E-state index contributed by atoms with van der Waals surface area (Å²) in [5.41, 5.74) is -0.922. The fourth-order valence-electron chi connectivity index (χ4n) is 2.18. The summed E-state index contributed by atoms with van der Waals surface area (Å²) in [7, 11) is 0. The van der Waals surface area contributed by atoms with Crippen molar-refractivity contribution < 1.29 is 9.18 Å². The second kappa shape index (κ2) is 4.13. The van der Waals surface area contributed by atoms with Crippen LogP contribution >= 0.6 is 0 Å². The first kappa shape index (κ1) is 11.5. The lowest BCUT2D eigenvalue weighted by Gasteiger charge is -2.39. The number of hydrogen-bond donors (Lipinski definition) is 1. The van der Waals surface area contributed by atoms with Crippen molar-refractivity contribution in [2.24, 2.45) is 11.3 Å². The molecule has 0 unspecified atom stereocenters. The average molecular weight is 233 g/mol. The predicted octanol–water partition coefficient (Wildman–Crippen LogP) is 2.10. The van der Waals surface area contributed by atoms with Gasteiger partial charge in [-0.2, -0.15) is 5.26 Å². The molecule has 17 heavy (non-hydrogen) atoms. The van der Waals surface area contributed by atoms with Crippen molar-refractivity contribution in [3.05, 3.63) is 24.3 Å². The number of nitrogens with one attached hydrogen (secondary N) is 1. The minimum absolute atomic E-state index is 0.0687. The van der Waals surface area contributed by atoms with Crippen LogP contribution in [-0.2, 0) is 4.79 Å².